The molecule has 1 amide bonds. The Hall–Kier alpha value is -1.88. The lowest BCUT2D eigenvalue weighted by molar-refractivity contribution is -0.116. The molecule has 0 unspecified atom stereocenters. The van der Waals surface area contributed by atoms with E-state index in [1.807, 2.05) is 24.3 Å². The number of halogens is 1. The Morgan fingerprint density at radius 1 is 1.47 bits per heavy atom. The Labute approximate surface area is 120 Å². The van der Waals surface area contributed by atoms with Gasteiger partial charge < -0.3 is 10.3 Å². The van der Waals surface area contributed by atoms with Crippen molar-refractivity contribution in [3.05, 3.63) is 58.6 Å². The average molecular weight is 320 g/mol. The number of hydrogen-bond donors (Lipinski definition) is 2. The number of H-pyrrole nitrogens is 1. The second-order valence-electron chi connectivity index (χ2n) is 3.97. The van der Waals surface area contributed by atoms with E-state index in [1.165, 1.54) is 6.08 Å². The average Bonchev–Trinajstić information content (AvgIpc) is 2.90. The fourth-order valence-corrected chi connectivity index (χ4v) is 2.00. The summed E-state index contributed by atoms with van der Waals surface area (Å²) in [6.45, 7) is 0.565. The summed E-state index contributed by atoms with van der Waals surface area (Å²) in [5.74, 6) is 0.766. The molecule has 5 heteroatoms. The van der Waals surface area contributed by atoms with Crippen molar-refractivity contribution in [3.63, 3.8) is 0 Å². The molecule has 2 N–H and O–H groups in total. The Bertz CT molecular complexity index is 564. The molecule has 0 atom stereocenters. The molecule has 19 heavy (non-hydrogen) atoms. The standard InChI is InChI=1S/C14H14BrN3O/c15-12-3-1-2-11(10-12)4-5-14(19)18-7-6-13-16-8-9-17-13/h1-5,8-10H,6-7H2,(H,16,17)(H,18,19)/b5-4+. The summed E-state index contributed by atoms with van der Waals surface area (Å²) in [5, 5.41) is 2.81. The van der Waals surface area contributed by atoms with Gasteiger partial charge in [-0.25, -0.2) is 4.98 Å². The van der Waals surface area contributed by atoms with Crippen molar-refractivity contribution in [3.8, 4) is 0 Å². The van der Waals surface area contributed by atoms with Crippen LogP contribution >= 0.6 is 15.9 Å². The third-order valence-corrected chi connectivity index (χ3v) is 2.98. The number of nitrogens with zero attached hydrogens (tertiary/aromatic N) is 1. The lowest BCUT2D eigenvalue weighted by Crippen LogP contribution is -2.23. The summed E-state index contributed by atoms with van der Waals surface area (Å²) in [7, 11) is 0. The van der Waals surface area contributed by atoms with Gasteiger partial charge in [0.1, 0.15) is 5.82 Å². The van der Waals surface area contributed by atoms with Gasteiger partial charge in [0.25, 0.3) is 0 Å². The molecule has 1 aromatic heterocycles. The molecular weight excluding hydrogens is 306 g/mol. The number of hydrogen-bond acceptors (Lipinski definition) is 2. The van der Waals surface area contributed by atoms with Gasteiger partial charge in [0.15, 0.2) is 0 Å². The molecule has 0 fully saturated rings. The number of benzene rings is 1. The Kier molecular flexibility index (Phi) is 4.92. The van der Waals surface area contributed by atoms with Crippen molar-refractivity contribution in [2.24, 2.45) is 0 Å². The van der Waals surface area contributed by atoms with Gasteiger partial charge in [0.2, 0.25) is 5.91 Å². The maximum atomic E-state index is 11.6. The number of nitrogens with one attached hydrogen (secondary N) is 2. The van der Waals surface area contributed by atoms with Crippen LogP contribution in [-0.4, -0.2) is 22.4 Å². The summed E-state index contributed by atoms with van der Waals surface area (Å²) in [6.07, 6.45) is 7.48. The highest BCUT2D eigenvalue weighted by molar-refractivity contribution is 9.10. The highest BCUT2D eigenvalue weighted by atomic mass is 79.9. The van der Waals surface area contributed by atoms with Crippen LogP contribution in [0.2, 0.25) is 0 Å². The van der Waals surface area contributed by atoms with Gasteiger partial charge in [-0.05, 0) is 23.8 Å². The Morgan fingerprint density at radius 2 is 2.37 bits per heavy atom. The van der Waals surface area contributed by atoms with Gasteiger partial charge in [-0.2, -0.15) is 0 Å². The van der Waals surface area contributed by atoms with Crippen LogP contribution in [0.5, 0.6) is 0 Å². The summed E-state index contributed by atoms with van der Waals surface area (Å²) in [5.41, 5.74) is 0.982. The van der Waals surface area contributed by atoms with Crippen LogP contribution < -0.4 is 5.32 Å². The van der Waals surface area contributed by atoms with E-state index in [2.05, 4.69) is 31.2 Å². The molecule has 0 saturated carbocycles. The SMILES string of the molecule is O=C(/C=C/c1cccc(Br)c1)NCCc1ncc[nH]1. The predicted octanol–water partition coefficient (Wildman–Crippen LogP) is 2.54. The second-order valence-corrected chi connectivity index (χ2v) is 4.88. The van der Waals surface area contributed by atoms with E-state index in [-0.39, 0.29) is 5.91 Å². The van der Waals surface area contributed by atoms with Crippen molar-refractivity contribution >= 4 is 27.9 Å². The minimum Gasteiger partial charge on any atom is -0.352 e. The lowest BCUT2D eigenvalue weighted by atomic mass is 10.2. The van der Waals surface area contributed by atoms with Crippen LogP contribution in [0.4, 0.5) is 0 Å². The van der Waals surface area contributed by atoms with Gasteiger partial charge in [0, 0.05) is 35.9 Å². The molecule has 0 aliphatic rings. The van der Waals surface area contributed by atoms with Crippen molar-refractivity contribution in [1.29, 1.82) is 0 Å². The number of aromatic nitrogens is 2. The van der Waals surface area contributed by atoms with Crippen LogP contribution in [0.3, 0.4) is 0 Å². The van der Waals surface area contributed by atoms with Crippen molar-refractivity contribution < 1.29 is 4.79 Å². The zero-order valence-corrected chi connectivity index (χ0v) is 11.9. The van der Waals surface area contributed by atoms with Crippen LogP contribution in [0.1, 0.15) is 11.4 Å². The first kappa shape index (κ1) is 13.5. The molecular formula is C14H14BrN3O. The number of amides is 1. The largest absolute Gasteiger partial charge is 0.352 e. The molecule has 1 aromatic carbocycles. The van der Waals surface area contributed by atoms with Crippen molar-refractivity contribution in [2.45, 2.75) is 6.42 Å². The highest BCUT2D eigenvalue weighted by Gasteiger charge is 1.97. The quantitative estimate of drug-likeness (QED) is 0.832. The molecule has 0 saturated heterocycles. The third kappa shape index (κ3) is 4.71. The molecule has 98 valence electrons. The molecule has 0 spiro atoms. The lowest BCUT2D eigenvalue weighted by Gasteiger charge is -2.00. The Balaban J connectivity index is 1.78. The van der Waals surface area contributed by atoms with E-state index >= 15 is 0 Å². The van der Waals surface area contributed by atoms with E-state index in [0.29, 0.717) is 13.0 Å². The molecule has 2 rings (SSSR count). The molecule has 1 heterocycles. The smallest absolute Gasteiger partial charge is 0.244 e. The molecule has 0 aliphatic carbocycles. The zero-order valence-electron chi connectivity index (χ0n) is 10.3. The fraction of sp³-hybridized carbons (Fsp3) is 0.143. The maximum Gasteiger partial charge on any atom is 0.244 e. The molecule has 0 aliphatic heterocycles. The number of carbonyl (C=O) groups excluding carboxylic acids is 1. The Morgan fingerprint density at radius 3 is 3.11 bits per heavy atom. The van der Waals surface area contributed by atoms with Gasteiger partial charge in [0.05, 0.1) is 0 Å². The molecule has 0 radical (unpaired) electrons. The van der Waals surface area contributed by atoms with Gasteiger partial charge in [-0.15, -0.1) is 0 Å². The monoisotopic (exact) mass is 319 g/mol. The first-order chi connectivity index (χ1) is 9.24. The van der Waals surface area contributed by atoms with Crippen molar-refractivity contribution in [1.82, 2.24) is 15.3 Å². The summed E-state index contributed by atoms with van der Waals surface area (Å²) in [6, 6.07) is 7.77. The normalized spacial score (nSPS) is 10.8. The number of imidazole rings is 1. The van der Waals surface area contributed by atoms with E-state index < -0.39 is 0 Å². The predicted molar refractivity (Wildman–Crippen MR) is 78.5 cm³/mol. The van der Waals surface area contributed by atoms with Crippen LogP contribution in [0, 0.1) is 0 Å². The number of rotatable bonds is 5. The van der Waals surface area contributed by atoms with E-state index in [9.17, 15) is 4.79 Å². The number of carbonyl (C=O) groups is 1. The van der Waals surface area contributed by atoms with E-state index in [1.54, 1.807) is 18.5 Å². The zero-order chi connectivity index (χ0) is 13.5. The summed E-state index contributed by atoms with van der Waals surface area (Å²) < 4.78 is 0.993. The maximum absolute atomic E-state index is 11.6. The molecule has 0 bridgehead atoms. The minimum atomic E-state index is -0.105. The van der Waals surface area contributed by atoms with E-state index in [4.69, 9.17) is 0 Å². The van der Waals surface area contributed by atoms with E-state index in [0.717, 1.165) is 15.9 Å². The van der Waals surface area contributed by atoms with Crippen LogP contribution in [-0.2, 0) is 11.2 Å². The molecule has 4 nitrogen and oxygen atoms in total. The second kappa shape index (κ2) is 6.89. The third-order valence-electron chi connectivity index (χ3n) is 2.49. The van der Waals surface area contributed by atoms with Gasteiger partial charge in [-0.1, -0.05) is 28.1 Å². The fourth-order valence-electron chi connectivity index (χ4n) is 1.58. The summed E-state index contributed by atoms with van der Waals surface area (Å²) in [4.78, 5) is 18.7. The first-order valence-corrected chi connectivity index (χ1v) is 6.73. The topological polar surface area (TPSA) is 57.8 Å². The highest BCUT2D eigenvalue weighted by Crippen LogP contribution is 2.12. The van der Waals surface area contributed by atoms with Gasteiger partial charge >= 0.3 is 0 Å². The minimum absolute atomic E-state index is 0.105. The van der Waals surface area contributed by atoms with Crippen LogP contribution in [0.25, 0.3) is 6.08 Å². The van der Waals surface area contributed by atoms with Crippen molar-refractivity contribution in [2.75, 3.05) is 6.54 Å². The number of aromatic amines is 1. The molecule has 2 aromatic rings. The van der Waals surface area contributed by atoms with Gasteiger partial charge in [-0.3, -0.25) is 4.79 Å². The first-order valence-electron chi connectivity index (χ1n) is 5.94. The summed E-state index contributed by atoms with van der Waals surface area (Å²) >= 11 is 3.39. The van der Waals surface area contributed by atoms with Crippen LogP contribution in [0.15, 0.2) is 47.2 Å².